The van der Waals surface area contributed by atoms with Crippen molar-refractivity contribution in [1.29, 1.82) is 0 Å². The van der Waals surface area contributed by atoms with Crippen LogP contribution in [0.5, 0.6) is 11.5 Å². The highest BCUT2D eigenvalue weighted by Gasteiger charge is 2.51. The van der Waals surface area contributed by atoms with E-state index in [-0.39, 0.29) is 36.7 Å². The van der Waals surface area contributed by atoms with Crippen molar-refractivity contribution in [1.82, 2.24) is 0 Å². The fraction of sp³-hybridized carbons (Fsp3) is 0.452. The zero-order chi connectivity index (χ0) is 31.6. The lowest BCUT2D eigenvalue weighted by molar-refractivity contribution is -0.286. The number of furan rings is 1. The fourth-order valence-electron chi connectivity index (χ4n) is 4.72. The van der Waals surface area contributed by atoms with Gasteiger partial charge in [0.1, 0.15) is 48.1 Å². The molecule has 3 N–H and O–H groups in total. The van der Waals surface area contributed by atoms with Gasteiger partial charge in [0.05, 0.1) is 12.9 Å². The number of carbonyl (C=O) groups excluding carboxylic acids is 3. The van der Waals surface area contributed by atoms with Crippen molar-refractivity contribution < 1.29 is 62.5 Å². The number of benzene rings is 2. The number of aromatic hydroxyl groups is 1. The van der Waals surface area contributed by atoms with Crippen LogP contribution >= 0.6 is 0 Å². The van der Waals surface area contributed by atoms with Gasteiger partial charge in [-0.1, -0.05) is 12.1 Å². The van der Waals surface area contributed by atoms with Crippen molar-refractivity contribution in [3.63, 3.8) is 0 Å². The molecule has 0 unspecified atom stereocenters. The Morgan fingerprint density at radius 1 is 0.932 bits per heavy atom. The molecule has 238 valence electrons. The van der Waals surface area contributed by atoms with Gasteiger partial charge < -0.3 is 48.2 Å². The van der Waals surface area contributed by atoms with E-state index in [0.717, 1.165) is 10.9 Å². The second-order valence-electron chi connectivity index (χ2n) is 9.88. The number of hydrogen-bond donors (Lipinski definition) is 3. The van der Waals surface area contributed by atoms with Gasteiger partial charge >= 0.3 is 11.9 Å². The summed E-state index contributed by atoms with van der Waals surface area (Å²) in [5.41, 5.74) is 1.43. The number of aliphatic hydroxyl groups excluding tert-OH is 2. The molecule has 13 nitrogen and oxygen atoms in total. The van der Waals surface area contributed by atoms with E-state index in [2.05, 4.69) is 0 Å². The number of aliphatic hydroxyl groups is 2. The topological polar surface area (TPSA) is 180 Å². The van der Waals surface area contributed by atoms with E-state index in [4.69, 9.17) is 32.8 Å². The van der Waals surface area contributed by atoms with Crippen molar-refractivity contribution in [2.75, 3.05) is 33.0 Å². The van der Waals surface area contributed by atoms with E-state index in [1.807, 2.05) is 18.2 Å². The van der Waals surface area contributed by atoms with Gasteiger partial charge in [-0.25, -0.2) is 9.59 Å². The van der Waals surface area contributed by atoms with Crippen LogP contribution in [0, 0.1) is 0 Å². The van der Waals surface area contributed by atoms with Crippen molar-refractivity contribution in [3.05, 3.63) is 59.9 Å². The monoisotopic (exact) mass is 616 g/mol. The smallest absolute Gasteiger partial charge is 0.332 e. The maximum atomic E-state index is 13.4. The van der Waals surface area contributed by atoms with E-state index in [1.165, 1.54) is 18.2 Å². The number of phenolic OH excluding ortho intramolecular Hbond substituents is 1. The minimum absolute atomic E-state index is 0.00519. The van der Waals surface area contributed by atoms with E-state index in [9.17, 15) is 29.7 Å². The second-order valence-corrected chi connectivity index (χ2v) is 9.88. The summed E-state index contributed by atoms with van der Waals surface area (Å²) in [4.78, 5) is 38.5. The molecule has 0 radical (unpaired) electrons. The quantitative estimate of drug-likeness (QED) is 0.167. The molecule has 0 saturated carbocycles. The number of esters is 2. The normalized spacial score (nSPS) is 21.6. The first-order chi connectivity index (χ1) is 21.2. The summed E-state index contributed by atoms with van der Waals surface area (Å²) >= 11 is 0. The lowest BCUT2D eigenvalue weighted by atomic mass is 9.98. The van der Waals surface area contributed by atoms with E-state index in [0.29, 0.717) is 12.0 Å². The number of ketones is 1. The van der Waals surface area contributed by atoms with Crippen LogP contribution in [0.4, 0.5) is 0 Å². The Balaban J connectivity index is 1.59. The van der Waals surface area contributed by atoms with E-state index >= 15 is 0 Å². The van der Waals surface area contributed by atoms with Crippen LogP contribution in [0.15, 0.2) is 53.1 Å². The Hall–Kier alpha value is -4.01. The Labute approximate surface area is 253 Å². The minimum atomic E-state index is -1.63. The van der Waals surface area contributed by atoms with Crippen molar-refractivity contribution in [2.24, 2.45) is 0 Å². The number of Topliss-reactive ketones (excluding diaryl/α,β-unsaturated/α-hetero) is 1. The summed E-state index contributed by atoms with van der Waals surface area (Å²) < 4.78 is 38.2. The summed E-state index contributed by atoms with van der Waals surface area (Å²) in [5.74, 6) is -2.69. The molecule has 1 aromatic heterocycles. The first kappa shape index (κ1) is 32.9. The summed E-state index contributed by atoms with van der Waals surface area (Å²) in [6.07, 6.45) is -5.76. The summed E-state index contributed by atoms with van der Waals surface area (Å²) in [6, 6.07) is 11.5. The maximum Gasteiger partial charge on any atom is 0.332 e. The number of rotatable bonds is 15. The lowest BCUT2D eigenvalue weighted by Gasteiger charge is -2.42. The summed E-state index contributed by atoms with van der Waals surface area (Å²) in [5, 5.41) is 32.4. The first-order valence-corrected chi connectivity index (χ1v) is 14.2. The third-order valence-electron chi connectivity index (χ3n) is 6.87. The van der Waals surface area contributed by atoms with Gasteiger partial charge in [-0.05, 0) is 56.2 Å². The first-order valence-electron chi connectivity index (χ1n) is 14.2. The highest BCUT2D eigenvalue weighted by Crippen LogP contribution is 2.34. The third kappa shape index (κ3) is 8.12. The predicted molar refractivity (Wildman–Crippen MR) is 152 cm³/mol. The van der Waals surface area contributed by atoms with Crippen LogP contribution in [0.25, 0.3) is 11.0 Å². The number of fused-ring (bicyclic) bond motifs is 1. The largest absolute Gasteiger partial charge is 0.507 e. The Bertz CT molecular complexity index is 1420. The van der Waals surface area contributed by atoms with Crippen molar-refractivity contribution >= 4 is 28.7 Å². The number of ether oxygens (including phenoxy) is 6. The molecule has 0 aliphatic carbocycles. The summed E-state index contributed by atoms with van der Waals surface area (Å²) in [7, 11) is 0. The molecule has 13 heteroatoms. The van der Waals surface area contributed by atoms with Gasteiger partial charge in [-0.3, -0.25) is 4.79 Å². The second kappa shape index (κ2) is 15.6. The summed E-state index contributed by atoms with van der Waals surface area (Å²) in [6.45, 7) is 2.15. The molecule has 3 aromatic rings. The number of aryl methyl sites for hydroxylation is 1. The molecule has 0 bridgehead atoms. The van der Waals surface area contributed by atoms with Crippen LogP contribution in [0.3, 0.4) is 0 Å². The number of phenols is 1. The maximum absolute atomic E-state index is 13.4. The van der Waals surface area contributed by atoms with Crippen LogP contribution < -0.4 is 4.74 Å². The SMILES string of the molecule is CCOCC(=O)O[C@H]1[C@H](Oc2cccc(O)c2C(=O)CCc2ccc3occc3c2)O[C@H](CO)[C@@H](O)[C@@H]1OC(=O)COCC. The molecular formula is C31H36O13. The molecule has 1 saturated heterocycles. The van der Waals surface area contributed by atoms with E-state index in [1.54, 1.807) is 26.2 Å². The number of carbonyl (C=O) groups is 3. The molecule has 5 atom stereocenters. The van der Waals surface area contributed by atoms with Crippen molar-refractivity contribution in [3.8, 4) is 11.5 Å². The fourth-order valence-corrected chi connectivity index (χ4v) is 4.72. The van der Waals surface area contributed by atoms with Gasteiger partial charge in [0, 0.05) is 25.0 Å². The number of hydrogen-bond acceptors (Lipinski definition) is 13. The highest BCUT2D eigenvalue weighted by molar-refractivity contribution is 6.01. The standard InChI is InChI=1S/C31H36O13/c1-3-38-16-25(35)43-29-28(37)24(15-32)42-31(30(29)44-26(36)17-39-4-2)41-23-7-5-6-20(33)27(23)21(34)10-8-18-9-11-22-19(14-18)12-13-40-22/h5-7,9,11-14,24,28-33,37H,3-4,8,10,15-17H2,1-2H3/t24-,28-,29+,30-,31-/m1/s1. The molecule has 0 spiro atoms. The molecule has 0 amide bonds. The molecule has 4 rings (SSSR count). The van der Waals surface area contributed by atoms with E-state index < -0.39 is 68.2 Å². The molecule has 2 aromatic carbocycles. The predicted octanol–water partition coefficient (Wildman–Crippen LogP) is 2.31. The molecule has 1 aliphatic heterocycles. The lowest BCUT2D eigenvalue weighted by Crippen LogP contribution is -2.62. The Kier molecular flexibility index (Phi) is 11.7. The van der Waals surface area contributed by atoms with Crippen LogP contribution in [-0.4, -0.2) is 96.8 Å². The Morgan fingerprint density at radius 2 is 1.64 bits per heavy atom. The zero-order valence-electron chi connectivity index (χ0n) is 24.4. The van der Waals surface area contributed by atoms with Crippen molar-refractivity contribution in [2.45, 2.75) is 57.4 Å². The molecule has 2 heterocycles. The minimum Gasteiger partial charge on any atom is -0.507 e. The average molecular weight is 617 g/mol. The van der Waals surface area contributed by atoms with Gasteiger partial charge in [-0.15, -0.1) is 0 Å². The van der Waals surface area contributed by atoms with Crippen LogP contribution in [0.2, 0.25) is 0 Å². The molecule has 1 aliphatic rings. The highest BCUT2D eigenvalue weighted by atomic mass is 16.7. The molecular weight excluding hydrogens is 580 g/mol. The van der Waals surface area contributed by atoms with Crippen LogP contribution in [-0.2, 0) is 39.7 Å². The average Bonchev–Trinajstić information content (AvgIpc) is 3.49. The van der Waals surface area contributed by atoms with Gasteiger partial charge in [-0.2, -0.15) is 0 Å². The van der Waals surface area contributed by atoms with Gasteiger partial charge in [0.25, 0.3) is 0 Å². The third-order valence-corrected chi connectivity index (χ3v) is 6.87. The molecule has 1 fully saturated rings. The van der Waals surface area contributed by atoms with Gasteiger partial charge in [0.15, 0.2) is 11.9 Å². The Morgan fingerprint density at radius 3 is 2.32 bits per heavy atom. The van der Waals surface area contributed by atoms with Gasteiger partial charge in [0.2, 0.25) is 12.4 Å². The zero-order valence-corrected chi connectivity index (χ0v) is 24.4. The molecule has 44 heavy (non-hydrogen) atoms. The van der Waals surface area contributed by atoms with Crippen LogP contribution in [0.1, 0.15) is 36.2 Å².